The van der Waals surface area contributed by atoms with Crippen LogP contribution in [0.15, 0.2) is 36.4 Å². The van der Waals surface area contributed by atoms with E-state index in [4.69, 9.17) is 4.74 Å². The smallest absolute Gasteiger partial charge is 0.408 e. The largest absolute Gasteiger partial charge is 0.444 e. The number of ether oxygens (including phenoxy) is 1. The molecule has 2 atom stereocenters. The number of alkyl carbamates (subject to hydrolysis) is 1. The second kappa shape index (κ2) is 11.9. The van der Waals surface area contributed by atoms with Gasteiger partial charge >= 0.3 is 6.09 Å². The van der Waals surface area contributed by atoms with Gasteiger partial charge in [0.25, 0.3) is 0 Å². The third-order valence-corrected chi connectivity index (χ3v) is 9.92. The summed E-state index contributed by atoms with van der Waals surface area (Å²) in [7, 11) is 2.18. The topological polar surface area (TPSA) is 94.5 Å². The van der Waals surface area contributed by atoms with Crippen molar-refractivity contribution in [1.29, 1.82) is 5.26 Å². The Balaban J connectivity index is 1.29. The van der Waals surface area contributed by atoms with E-state index in [2.05, 4.69) is 46.8 Å². The van der Waals surface area contributed by atoms with Crippen LogP contribution in [0.4, 0.5) is 9.18 Å². The van der Waals surface area contributed by atoms with Gasteiger partial charge in [0.2, 0.25) is 5.91 Å². The first-order chi connectivity index (χ1) is 20.3. The number of hydrogen-bond donors (Lipinski definition) is 2. The number of carbonyl (C=O) groups is 2. The van der Waals surface area contributed by atoms with Crippen LogP contribution in [-0.4, -0.2) is 54.2 Å². The van der Waals surface area contributed by atoms with Gasteiger partial charge in [0, 0.05) is 6.42 Å². The number of amides is 2. The summed E-state index contributed by atoms with van der Waals surface area (Å²) < 4.78 is 20.9. The van der Waals surface area contributed by atoms with E-state index < -0.39 is 35.0 Å². The lowest BCUT2D eigenvalue weighted by atomic mass is 9.71. The molecule has 2 amide bonds. The molecule has 1 spiro atoms. The van der Waals surface area contributed by atoms with Gasteiger partial charge in [-0.05, 0) is 132 Å². The molecule has 1 saturated carbocycles. The highest BCUT2D eigenvalue weighted by atomic mass is 19.1. The van der Waals surface area contributed by atoms with Gasteiger partial charge in [-0.3, -0.25) is 4.79 Å². The van der Waals surface area contributed by atoms with Crippen molar-refractivity contribution >= 4 is 12.0 Å². The summed E-state index contributed by atoms with van der Waals surface area (Å²) in [5.74, 6) is -0.945. The van der Waals surface area contributed by atoms with Crippen molar-refractivity contribution in [3.05, 3.63) is 58.9 Å². The minimum Gasteiger partial charge on any atom is -0.444 e. The SMILES string of the molecule is CN1CCC2(CCc3ccc(-c4ccc(C[C@@H](C#N)NC(=O)C(C)(NC(=O)OC(C)(C)C)C5CCC5)c(F)c4)cc32)CC1. The third-order valence-electron chi connectivity index (χ3n) is 9.92. The van der Waals surface area contributed by atoms with E-state index in [9.17, 15) is 14.9 Å². The normalized spacial score (nSPS) is 20.3. The first kappa shape index (κ1) is 31.0. The van der Waals surface area contributed by atoms with E-state index in [1.165, 1.54) is 23.6 Å². The van der Waals surface area contributed by atoms with Crippen molar-refractivity contribution in [2.45, 2.75) is 102 Å². The lowest BCUT2D eigenvalue weighted by molar-refractivity contribution is -0.131. The molecule has 5 rings (SSSR count). The number of fused-ring (bicyclic) bond motifs is 2. The molecule has 2 aliphatic carbocycles. The predicted octanol–water partition coefficient (Wildman–Crippen LogP) is 6.04. The number of benzene rings is 2. The Morgan fingerprint density at radius 3 is 2.37 bits per heavy atom. The maximum Gasteiger partial charge on any atom is 0.408 e. The van der Waals surface area contributed by atoms with Crippen LogP contribution in [-0.2, 0) is 27.8 Å². The van der Waals surface area contributed by atoms with Gasteiger partial charge < -0.3 is 20.3 Å². The minimum absolute atomic E-state index is 0.0162. The molecule has 0 aromatic heterocycles. The molecule has 43 heavy (non-hydrogen) atoms. The second-order valence-electron chi connectivity index (χ2n) is 14.1. The van der Waals surface area contributed by atoms with Crippen molar-refractivity contribution in [3.63, 3.8) is 0 Å². The zero-order chi connectivity index (χ0) is 31.0. The average Bonchev–Trinajstić information content (AvgIpc) is 3.26. The monoisotopic (exact) mass is 588 g/mol. The fraction of sp³-hybridized carbons (Fsp3) is 0.571. The Morgan fingerprint density at radius 2 is 1.77 bits per heavy atom. The molecular formula is C35H45FN4O3. The molecule has 0 bridgehead atoms. The summed E-state index contributed by atoms with van der Waals surface area (Å²) in [4.78, 5) is 28.5. The van der Waals surface area contributed by atoms with E-state index in [1.54, 1.807) is 33.8 Å². The van der Waals surface area contributed by atoms with Crippen LogP contribution in [0.1, 0.15) is 82.9 Å². The number of hydrogen-bond acceptors (Lipinski definition) is 5. The van der Waals surface area contributed by atoms with Crippen molar-refractivity contribution in [3.8, 4) is 17.2 Å². The van der Waals surface area contributed by atoms with Crippen LogP contribution in [0.2, 0.25) is 0 Å². The fourth-order valence-corrected chi connectivity index (χ4v) is 6.94. The summed E-state index contributed by atoms with van der Waals surface area (Å²) >= 11 is 0. The fourth-order valence-electron chi connectivity index (χ4n) is 6.94. The molecule has 230 valence electrons. The Hall–Kier alpha value is -3.44. The number of rotatable bonds is 7. The molecule has 1 aliphatic heterocycles. The number of nitrogens with zero attached hydrogens (tertiary/aromatic N) is 2. The Kier molecular flexibility index (Phi) is 8.59. The van der Waals surface area contributed by atoms with Crippen LogP contribution in [0, 0.1) is 23.1 Å². The van der Waals surface area contributed by atoms with Gasteiger partial charge in [-0.2, -0.15) is 5.26 Å². The Labute approximate surface area is 255 Å². The molecule has 2 N–H and O–H groups in total. The van der Waals surface area contributed by atoms with Crippen LogP contribution in [0.5, 0.6) is 0 Å². The second-order valence-corrected chi connectivity index (χ2v) is 14.1. The quantitative estimate of drug-likeness (QED) is 0.412. The molecule has 0 radical (unpaired) electrons. The molecular weight excluding hydrogens is 543 g/mol. The van der Waals surface area contributed by atoms with Crippen molar-refractivity contribution in [1.82, 2.24) is 15.5 Å². The molecule has 3 aliphatic rings. The summed E-state index contributed by atoms with van der Waals surface area (Å²) in [6.45, 7) is 9.15. The van der Waals surface area contributed by atoms with E-state index >= 15 is 4.39 Å². The Morgan fingerprint density at radius 1 is 1.09 bits per heavy atom. The number of aryl methyl sites for hydroxylation is 1. The van der Waals surface area contributed by atoms with Gasteiger partial charge in [-0.1, -0.05) is 36.8 Å². The molecule has 2 aromatic rings. The number of halogens is 1. The first-order valence-corrected chi connectivity index (χ1v) is 15.6. The number of likely N-dealkylation sites (tertiary alicyclic amines) is 1. The number of nitrogens with one attached hydrogen (secondary N) is 2. The van der Waals surface area contributed by atoms with E-state index in [0.29, 0.717) is 5.56 Å². The van der Waals surface area contributed by atoms with E-state index in [-0.39, 0.29) is 17.8 Å². The van der Waals surface area contributed by atoms with Crippen LogP contribution < -0.4 is 10.6 Å². The van der Waals surface area contributed by atoms with Crippen LogP contribution in [0.3, 0.4) is 0 Å². The highest BCUT2D eigenvalue weighted by Gasteiger charge is 2.46. The van der Waals surface area contributed by atoms with Crippen molar-refractivity contribution in [2.24, 2.45) is 5.92 Å². The maximum absolute atomic E-state index is 15.5. The third kappa shape index (κ3) is 6.57. The van der Waals surface area contributed by atoms with Crippen molar-refractivity contribution < 1.29 is 18.7 Å². The Bertz CT molecular complexity index is 1420. The van der Waals surface area contributed by atoms with Gasteiger partial charge in [-0.25, -0.2) is 9.18 Å². The lowest BCUT2D eigenvalue weighted by Gasteiger charge is -2.42. The van der Waals surface area contributed by atoms with Gasteiger partial charge in [0.1, 0.15) is 23.0 Å². The molecule has 1 heterocycles. The highest BCUT2D eigenvalue weighted by molar-refractivity contribution is 5.90. The minimum atomic E-state index is -1.24. The zero-order valence-electron chi connectivity index (χ0n) is 26.2. The molecule has 2 fully saturated rings. The van der Waals surface area contributed by atoms with Crippen LogP contribution >= 0.6 is 0 Å². The summed E-state index contributed by atoms with van der Waals surface area (Å²) in [6, 6.07) is 12.8. The highest BCUT2D eigenvalue weighted by Crippen LogP contribution is 2.47. The molecule has 1 saturated heterocycles. The lowest BCUT2D eigenvalue weighted by Crippen LogP contribution is -2.64. The van der Waals surface area contributed by atoms with Crippen molar-refractivity contribution in [2.75, 3.05) is 20.1 Å². The molecule has 8 heteroatoms. The summed E-state index contributed by atoms with van der Waals surface area (Å²) in [6.07, 6.45) is 6.46. The maximum atomic E-state index is 15.5. The molecule has 1 unspecified atom stereocenters. The first-order valence-electron chi connectivity index (χ1n) is 15.6. The summed E-state index contributed by atoms with van der Waals surface area (Å²) in [5, 5.41) is 15.4. The van der Waals surface area contributed by atoms with Gasteiger partial charge in [0.15, 0.2) is 0 Å². The van der Waals surface area contributed by atoms with E-state index in [1.807, 2.05) is 6.07 Å². The average molecular weight is 589 g/mol. The van der Waals surface area contributed by atoms with Crippen LogP contribution in [0.25, 0.3) is 11.1 Å². The van der Waals surface area contributed by atoms with Gasteiger partial charge in [0.05, 0.1) is 6.07 Å². The van der Waals surface area contributed by atoms with E-state index in [0.717, 1.165) is 62.7 Å². The predicted molar refractivity (Wildman–Crippen MR) is 165 cm³/mol. The summed E-state index contributed by atoms with van der Waals surface area (Å²) in [5.41, 5.74) is 3.26. The van der Waals surface area contributed by atoms with Gasteiger partial charge in [-0.15, -0.1) is 0 Å². The number of nitriles is 1. The number of carbonyl (C=O) groups excluding carboxylic acids is 2. The molecule has 7 nitrogen and oxygen atoms in total. The molecule has 2 aromatic carbocycles. The number of piperidine rings is 1. The standard InChI is InChI=1S/C35H45FN4O3/c1-33(2,3)43-32(42)39-34(4,27-7-6-8-27)31(41)38-28(22-37)19-26-12-11-25(21-30(26)36)24-10-9-23-13-14-35(29(23)20-24)15-17-40(5)18-16-35/h9-12,20-21,27-28H,6-8,13-19H2,1-5H3,(H,38,41)(H,39,42)/t28-,34?/m0/s1. The zero-order valence-corrected chi connectivity index (χ0v) is 26.2.